The lowest BCUT2D eigenvalue weighted by Gasteiger charge is -2.28. The molecule has 0 saturated heterocycles. The van der Waals surface area contributed by atoms with Crippen molar-refractivity contribution in [3.05, 3.63) is 30.0 Å². The lowest BCUT2D eigenvalue weighted by Crippen LogP contribution is -2.42. The van der Waals surface area contributed by atoms with Crippen LogP contribution in [0.4, 0.5) is 5.69 Å². The molecule has 8 nitrogen and oxygen atoms in total. The summed E-state index contributed by atoms with van der Waals surface area (Å²) in [7, 11) is 0. The third-order valence-corrected chi connectivity index (χ3v) is 5.12. The van der Waals surface area contributed by atoms with Gasteiger partial charge in [0.1, 0.15) is 6.04 Å². The van der Waals surface area contributed by atoms with E-state index >= 15 is 0 Å². The van der Waals surface area contributed by atoms with E-state index in [4.69, 9.17) is 0 Å². The number of nitrogens with one attached hydrogen (secondary N) is 3. The molecule has 6 N–H and O–H groups in total. The van der Waals surface area contributed by atoms with Gasteiger partial charge in [-0.2, -0.15) is 0 Å². The van der Waals surface area contributed by atoms with Gasteiger partial charge in [0, 0.05) is 47.6 Å². The minimum absolute atomic E-state index is 0.133. The summed E-state index contributed by atoms with van der Waals surface area (Å²) < 4.78 is 0. The molecule has 0 aliphatic carbocycles. The normalized spacial score (nSPS) is 13.8. The Balaban J connectivity index is 2.24. The number of carbonyl (C=O) groups is 2. The van der Waals surface area contributed by atoms with Gasteiger partial charge in [-0.15, -0.1) is 0 Å². The summed E-state index contributed by atoms with van der Waals surface area (Å²) in [5, 5.41) is 35.9. The monoisotopic (exact) mass is 405 g/mol. The van der Waals surface area contributed by atoms with Gasteiger partial charge in [0.05, 0.1) is 12.7 Å². The summed E-state index contributed by atoms with van der Waals surface area (Å²) in [4.78, 5) is 26.7. The van der Waals surface area contributed by atoms with Crippen molar-refractivity contribution in [3.63, 3.8) is 0 Å². The first-order chi connectivity index (χ1) is 13.7. The number of hydrogen-bond donors (Lipinski definition) is 6. The van der Waals surface area contributed by atoms with E-state index in [0.29, 0.717) is 6.42 Å². The topological polar surface area (TPSA) is 135 Å². The molecule has 2 atom stereocenters. The van der Waals surface area contributed by atoms with E-state index < -0.39 is 23.5 Å². The molecule has 1 aromatic carbocycles. The summed E-state index contributed by atoms with van der Waals surface area (Å²) >= 11 is 0. The summed E-state index contributed by atoms with van der Waals surface area (Å²) in [6.07, 6.45) is 2.03. The fourth-order valence-electron chi connectivity index (χ4n) is 3.07. The van der Waals surface area contributed by atoms with Crippen LogP contribution in [0, 0.1) is 5.41 Å². The zero-order valence-corrected chi connectivity index (χ0v) is 17.2. The van der Waals surface area contributed by atoms with Crippen LogP contribution in [0.5, 0.6) is 0 Å². The van der Waals surface area contributed by atoms with Gasteiger partial charge in [-0.3, -0.25) is 4.79 Å². The van der Waals surface area contributed by atoms with Crippen LogP contribution in [0.3, 0.4) is 0 Å². The zero-order chi connectivity index (χ0) is 21.6. The van der Waals surface area contributed by atoms with Gasteiger partial charge in [0.25, 0.3) is 0 Å². The smallest absolute Gasteiger partial charge is 0.326 e. The number of fused-ring (bicyclic) bond motifs is 1. The molecule has 0 aliphatic heterocycles. The number of H-pyrrole nitrogens is 1. The maximum atomic E-state index is 11.9. The highest BCUT2D eigenvalue weighted by Gasteiger charge is 2.27. The summed E-state index contributed by atoms with van der Waals surface area (Å²) in [5.74, 6) is -1.37. The molecule has 0 fully saturated rings. The van der Waals surface area contributed by atoms with E-state index in [1.165, 1.54) is 0 Å². The molecule has 29 heavy (non-hydrogen) atoms. The highest BCUT2D eigenvalue weighted by Crippen LogP contribution is 2.29. The van der Waals surface area contributed by atoms with E-state index in [-0.39, 0.29) is 31.9 Å². The van der Waals surface area contributed by atoms with E-state index in [1.807, 2.05) is 25.1 Å². The number of carboxylic acids is 1. The average Bonchev–Trinajstić information content (AvgIpc) is 3.09. The molecule has 8 heteroatoms. The van der Waals surface area contributed by atoms with Gasteiger partial charge >= 0.3 is 5.97 Å². The van der Waals surface area contributed by atoms with Crippen molar-refractivity contribution < 1.29 is 24.9 Å². The predicted molar refractivity (Wildman–Crippen MR) is 112 cm³/mol. The van der Waals surface area contributed by atoms with Crippen molar-refractivity contribution >= 4 is 28.5 Å². The van der Waals surface area contributed by atoms with Crippen LogP contribution in [0.15, 0.2) is 24.4 Å². The van der Waals surface area contributed by atoms with Crippen molar-refractivity contribution in [3.8, 4) is 0 Å². The molecule has 0 bridgehead atoms. The average molecular weight is 405 g/mol. The van der Waals surface area contributed by atoms with Crippen molar-refractivity contribution in [2.24, 2.45) is 5.41 Å². The number of aromatic amines is 1. The second-order valence-electron chi connectivity index (χ2n) is 8.00. The number of amides is 1. The second-order valence-corrected chi connectivity index (χ2v) is 8.00. The molecule has 1 amide bonds. The van der Waals surface area contributed by atoms with Crippen LogP contribution in [0.25, 0.3) is 10.9 Å². The largest absolute Gasteiger partial charge is 0.480 e. The van der Waals surface area contributed by atoms with Gasteiger partial charge in [0.15, 0.2) is 0 Å². The number of hydrogen-bond acceptors (Lipinski definition) is 5. The van der Waals surface area contributed by atoms with E-state index in [0.717, 1.165) is 22.2 Å². The van der Waals surface area contributed by atoms with E-state index in [1.54, 1.807) is 20.0 Å². The fourth-order valence-corrected chi connectivity index (χ4v) is 3.07. The first kappa shape index (κ1) is 22.7. The number of carbonyl (C=O) groups excluding carboxylic acids is 1. The number of aliphatic hydroxyl groups is 2. The third kappa shape index (κ3) is 5.71. The Morgan fingerprint density at radius 2 is 2.00 bits per heavy atom. The van der Waals surface area contributed by atoms with Crippen molar-refractivity contribution in [2.45, 2.75) is 52.2 Å². The molecule has 0 saturated carbocycles. The Morgan fingerprint density at radius 1 is 1.28 bits per heavy atom. The zero-order valence-electron chi connectivity index (χ0n) is 17.2. The molecule has 0 unspecified atom stereocenters. The molecule has 1 aromatic heterocycles. The molecular weight excluding hydrogens is 374 g/mol. The number of rotatable bonds is 11. The minimum Gasteiger partial charge on any atom is -0.480 e. The fraction of sp³-hybridized carbons (Fsp3) is 0.524. The first-order valence-corrected chi connectivity index (χ1v) is 9.83. The maximum absolute atomic E-state index is 11.9. The quantitative estimate of drug-likeness (QED) is 0.338. The van der Waals surface area contributed by atoms with Gasteiger partial charge in [-0.25, -0.2) is 4.79 Å². The van der Waals surface area contributed by atoms with Crippen LogP contribution in [0.2, 0.25) is 0 Å². The lowest BCUT2D eigenvalue weighted by molar-refractivity contribution is -0.141. The lowest BCUT2D eigenvalue weighted by atomic mass is 9.87. The molecule has 2 rings (SSSR count). The Hall–Kier alpha value is -2.58. The Kier molecular flexibility index (Phi) is 7.64. The number of aliphatic carboxylic acids is 1. The molecule has 160 valence electrons. The number of benzene rings is 1. The highest BCUT2D eigenvalue weighted by atomic mass is 16.4. The molecular formula is C21H31N3O5. The van der Waals surface area contributed by atoms with Crippen molar-refractivity contribution in [1.29, 1.82) is 0 Å². The van der Waals surface area contributed by atoms with Crippen LogP contribution >= 0.6 is 0 Å². The van der Waals surface area contributed by atoms with Gasteiger partial charge in [0.2, 0.25) is 5.91 Å². The Morgan fingerprint density at radius 3 is 2.62 bits per heavy atom. The number of aliphatic hydroxyl groups excluding tert-OH is 2. The summed E-state index contributed by atoms with van der Waals surface area (Å²) in [5.41, 5.74) is 1.67. The Labute approximate surface area is 170 Å². The first-order valence-electron chi connectivity index (χ1n) is 9.83. The molecule has 1 heterocycles. The van der Waals surface area contributed by atoms with Crippen LogP contribution in [-0.4, -0.2) is 57.5 Å². The van der Waals surface area contributed by atoms with E-state index in [2.05, 4.69) is 15.6 Å². The second kappa shape index (κ2) is 9.76. The van der Waals surface area contributed by atoms with Crippen LogP contribution in [0.1, 0.15) is 39.2 Å². The number of carboxylic acid groups (broad SMARTS) is 1. The molecule has 0 aliphatic rings. The van der Waals surface area contributed by atoms with Crippen molar-refractivity contribution in [2.75, 3.05) is 18.5 Å². The van der Waals surface area contributed by atoms with Crippen LogP contribution < -0.4 is 10.6 Å². The highest BCUT2D eigenvalue weighted by molar-refractivity contribution is 5.95. The molecule has 2 aromatic rings. The van der Waals surface area contributed by atoms with Crippen molar-refractivity contribution in [1.82, 2.24) is 10.3 Å². The predicted octanol–water partition coefficient (Wildman–Crippen LogP) is 1.87. The number of aromatic nitrogens is 1. The van der Waals surface area contributed by atoms with E-state index in [9.17, 15) is 24.9 Å². The van der Waals surface area contributed by atoms with Gasteiger partial charge < -0.3 is 30.9 Å². The maximum Gasteiger partial charge on any atom is 0.326 e. The van der Waals surface area contributed by atoms with Gasteiger partial charge in [-0.05, 0) is 24.1 Å². The number of anilines is 1. The van der Waals surface area contributed by atoms with Crippen LogP contribution in [-0.2, 0) is 16.0 Å². The minimum atomic E-state index is -1.09. The Bertz CT molecular complexity index is 846. The molecule has 0 spiro atoms. The standard InChI is InChI=1S/C21H31N3O5/c1-4-6-18(27)24-16(20(28)29)9-13-10-22-14-7-5-8-15(19(13)14)23-11-17(26)21(2,3)12-25/h5,7-8,10,16-17,22-23,25-26H,4,6,9,11-12H2,1-3H3,(H,24,27)(H,28,29)/t16-,17-/m0/s1. The SMILES string of the molecule is CCCC(=O)N[C@@H](Cc1c[nH]c2cccc(NC[C@H](O)C(C)(C)CO)c12)C(=O)O. The third-order valence-electron chi connectivity index (χ3n) is 5.12. The molecule has 0 radical (unpaired) electrons. The summed E-state index contributed by atoms with van der Waals surface area (Å²) in [6, 6.07) is 4.56. The van der Waals surface area contributed by atoms with Gasteiger partial charge in [-0.1, -0.05) is 26.8 Å². The summed E-state index contributed by atoms with van der Waals surface area (Å²) in [6.45, 7) is 5.50.